The highest BCUT2D eigenvalue weighted by Crippen LogP contribution is 2.11. The predicted octanol–water partition coefficient (Wildman–Crippen LogP) is 0.00152. The Bertz CT molecular complexity index is 557. The molecule has 0 unspecified atom stereocenters. The van der Waals surface area contributed by atoms with E-state index in [1.54, 1.807) is 11.0 Å². The van der Waals surface area contributed by atoms with E-state index in [2.05, 4.69) is 20.2 Å². The number of amides is 1. The number of ether oxygens (including phenoxy) is 2. The third-order valence-electron chi connectivity index (χ3n) is 4.19. The monoisotopic (exact) mass is 335 g/mol. The number of anilines is 1. The number of aromatic nitrogens is 2. The van der Waals surface area contributed by atoms with Gasteiger partial charge in [-0.15, -0.1) is 0 Å². The molecule has 0 radical (unpaired) electrons. The van der Waals surface area contributed by atoms with Crippen LogP contribution in [0.5, 0.6) is 0 Å². The van der Waals surface area contributed by atoms with E-state index in [1.165, 1.54) is 0 Å². The van der Waals surface area contributed by atoms with E-state index in [-0.39, 0.29) is 5.91 Å². The third-order valence-corrected chi connectivity index (χ3v) is 4.19. The van der Waals surface area contributed by atoms with Crippen LogP contribution in [-0.2, 0) is 9.47 Å². The number of carbonyl (C=O) groups excluding carboxylic acids is 1. The second-order valence-corrected chi connectivity index (χ2v) is 5.97. The molecule has 132 valence electrons. The van der Waals surface area contributed by atoms with Crippen molar-refractivity contribution in [1.82, 2.24) is 19.8 Å². The zero-order chi connectivity index (χ0) is 16.8. The van der Waals surface area contributed by atoms with Crippen molar-refractivity contribution in [3.05, 3.63) is 17.6 Å². The maximum Gasteiger partial charge on any atom is 0.272 e. The van der Waals surface area contributed by atoms with Gasteiger partial charge in [0, 0.05) is 45.3 Å². The van der Waals surface area contributed by atoms with Crippen molar-refractivity contribution in [3.63, 3.8) is 0 Å². The fourth-order valence-corrected chi connectivity index (χ4v) is 2.86. The van der Waals surface area contributed by atoms with Gasteiger partial charge in [0.25, 0.3) is 5.91 Å². The lowest BCUT2D eigenvalue weighted by Crippen LogP contribution is -2.41. The van der Waals surface area contributed by atoms with Gasteiger partial charge in [-0.1, -0.05) is 0 Å². The SMILES string of the molecule is Cc1nc(NCCN2CCOCC2)cc(C(=O)N2CCOCC2)n1. The van der Waals surface area contributed by atoms with Crippen LogP contribution in [-0.4, -0.2) is 91.4 Å². The summed E-state index contributed by atoms with van der Waals surface area (Å²) in [5.74, 6) is 1.25. The lowest BCUT2D eigenvalue weighted by molar-refractivity contribution is 0.0299. The molecule has 3 rings (SSSR count). The first kappa shape index (κ1) is 17.1. The van der Waals surface area contributed by atoms with E-state index < -0.39 is 0 Å². The highest BCUT2D eigenvalue weighted by molar-refractivity contribution is 5.93. The van der Waals surface area contributed by atoms with E-state index in [0.29, 0.717) is 43.6 Å². The van der Waals surface area contributed by atoms with Crippen molar-refractivity contribution >= 4 is 11.7 Å². The molecule has 2 aliphatic rings. The molecule has 0 bridgehead atoms. The Labute approximate surface area is 142 Å². The molecule has 2 saturated heterocycles. The summed E-state index contributed by atoms with van der Waals surface area (Å²) in [6.45, 7) is 9.43. The third kappa shape index (κ3) is 4.62. The van der Waals surface area contributed by atoms with E-state index in [9.17, 15) is 4.79 Å². The minimum atomic E-state index is -0.0555. The van der Waals surface area contributed by atoms with Crippen LogP contribution >= 0.6 is 0 Å². The van der Waals surface area contributed by atoms with Gasteiger partial charge >= 0.3 is 0 Å². The topological polar surface area (TPSA) is 79.8 Å². The van der Waals surface area contributed by atoms with Gasteiger partial charge in [-0.3, -0.25) is 9.69 Å². The molecule has 24 heavy (non-hydrogen) atoms. The normalized spacial score (nSPS) is 19.3. The molecule has 1 N–H and O–H groups in total. The molecule has 2 aliphatic heterocycles. The van der Waals surface area contributed by atoms with Gasteiger partial charge in [0.15, 0.2) is 0 Å². The second kappa shape index (κ2) is 8.36. The molecule has 1 aromatic heterocycles. The summed E-state index contributed by atoms with van der Waals surface area (Å²) in [5, 5.41) is 3.30. The van der Waals surface area contributed by atoms with E-state index in [0.717, 1.165) is 39.4 Å². The van der Waals surface area contributed by atoms with Crippen molar-refractivity contribution in [1.29, 1.82) is 0 Å². The summed E-state index contributed by atoms with van der Waals surface area (Å²) >= 11 is 0. The second-order valence-electron chi connectivity index (χ2n) is 5.97. The number of carbonyl (C=O) groups is 1. The van der Waals surface area contributed by atoms with Gasteiger partial charge in [-0.25, -0.2) is 9.97 Å². The molecule has 8 heteroatoms. The largest absolute Gasteiger partial charge is 0.379 e. The molecule has 0 saturated carbocycles. The number of nitrogens with zero attached hydrogens (tertiary/aromatic N) is 4. The molecule has 0 aliphatic carbocycles. The van der Waals surface area contributed by atoms with Crippen molar-refractivity contribution < 1.29 is 14.3 Å². The molecule has 1 aromatic rings. The highest BCUT2D eigenvalue weighted by Gasteiger charge is 2.20. The maximum absolute atomic E-state index is 12.6. The Balaban J connectivity index is 1.57. The Morgan fingerprint density at radius 1 is 1.12 bits per heavy atom. The standard InChI is InChI=1S/C16H25N5O3/c1-13-18-14(16(22)21-6-10-24-11-7-21)12-15(19-13)17-2-3-20-4-8-23-9-5-20/h12H,2-11H2,1H3,(H,17,18,19). The van der Waals surface area contributed by atoms with Gasteiger partial charge < -0.3 is 19.7 Å². The van der Waals surface area contributed by atoms with Crippen molar-refractivity contribution in [2.45, 2.75) is 6.92 Å². The first-order valence-electron chi connectivity index (χ1n) is 8.49. The lowest BCUT2D eigenvalue weighted by Gasteiger charge is -2.27. The molecule has 2 fully saturated rings. The molecule has 0 spiro atoms. The zero-order valence-corrected chi connectivity index (χ0v) is 14.2. The summed E-state index contributed by atoms with van der Waals surface area (Å²) in [4.78, 5) is 25.4. The highest BCUT2D eigenvalue weighted by atomic mass is 16.5. The van der Waals surface area contributed by atoms with E-state index in [1.807, 2.05) is 6.92 Å². The first-order valence-corrected chi connectivity index (χ1v) is 8.49. The van der Waals surface area contributed by atoms with Gasteiger partial charge in [-0.2, -0.15) is 0 Å². The van der Waals surface area contributed by atoms with Gasteiger partial charge in [-0.05, 0) is 6.92 Å². The van der Waals surface area contributed by atoms with Crippen LogP contribution in [0.4, 0.5) is 5.82 Å². The Kier molecular flexibility index (Phi) is 5.95. The maximum atomic E-state index is 12.6. The fourth-order valence-electron chi connectivity index (χ4n) is 2.86. The molecular formula is C16H25N5O3. The zero-order valence-electron chi connectivity index (χ0n) is 14.2. The first-order chi connectivity index (χ1) is 11.7. The van der Waals surface area contributed by atoms with Crippen LogP contribution in [0.25, 0.3) is 0 Å². The quantitative estimate of drug-likeness (QED) is 0.811. The minimum absolute atomic E-state index is 0.0555. The number of hydrogen-bond donors (Lipinski definition) is 1. The van der Waals surface area contributed by atoms with Crippen molar-refractivity contribution in [2.24, 2.45) is 0 Å². The number of rotatable bonds is 5. The Hall–Kier alpha value is -1.77. The molecule has 1 amide bonds. The average molecular weight is 335 g/mol. The van der Waals surface area contributed by atoms with Crippen LogP contribution in [0.3, 0.4) is 0 Å². The van der Waals surface area contributed by atoms with Gasteiger partial charge in [0.05, 0.1) is 26.4 Å². The summed E-state index contributed by atoms with van der Waals surface area (Å²) < 4.78 is 10.6. The summed E-state index contributed by atoms with van der Waals surface area (Å²) in [7, 11) is 0. The number of hydrogen-bond acceptors (Lipinski definition) is 7. The summed E-state index contributed by atoms with van der Waals surface area (Å²) in [5.41, 5.74) is 0.443. The average Bonchev–Trinajstić information content (AvgIpc) is 2.62. The van der Waals surface area contributed by atoms with Crippen LogP contribution < -0.4 is 5.32 Å². The molecule has 0 aromatic carbocycles. The molecule has 0 atom stereocenters. The summed E-state index contributed by atoms with van der Waals surface area (Å²) in [6, 6.07) is 1.74. The number of morpholine rings is 2. The van der Waals surface area contributed by atoms with Crippen LogP contribution in [0, 0.1) is 6.92 Å². The number of aryl methyl sites for hydroxylation is 1. The van der Waals surface area contributed by atoms with Gasteiger partial charge in [0.2, 0.25) is 0 Å². The lowest BCUT2D eigenvalue weighted by atomic mass is 10.3. The number of nitrogens with one attached hydrogen (secondary N) is 1. The predicted molar refractivity (Wildman–Crippen MR) is 89.2 cm³/mol. The molecule has 3 heterocycles. The Morgan fingerprint density at radius 2 is 1.79 bits per heavy atom. The fraction of sp³-hybridized carbons (Fsp3) is 0.688. The Morgan fingerprint density at radius 3 is 2.50 bits per heavy atom. The van der Waals surface area contributed by atoms with Crippen molar-refractivity contribution in [3.8, 4) is 0 Å². The van der Waals surface area contributed by atoms with Crippen LogP contribution in [0.1, 0.15) is 16.3 Å². The molecule has 8 nitrogen and oxygen atoms in total. The van der Waals surface area contributed by atoms with Crippen molar-refractivity contribution in [2.75, 3.05) is 71.0 Å². The van der Waals surface area contributed by atoms with E-state index >= 15 is 0 Å². The van der Waals surface area contributed by atoms with Crippen LogP contribution in [0.2, 0.25) is 0 Å². The smallest absolute Gasteiger partial charge is 0.272 e. The van der Waals surface area contributed by atoms with Crippen LogP contribution in [0.15, 0.2) is 6.07 Å². The van der Waals surface area contributed by atoms with E-state index in [4.69, 9.17) is 9.47 Å². The van der Waals surface area contributed by atoms with Gasteiger partial charge in [0.1, 0.15) is 17.3 Å². The minimum Gasteiger partial charge on any atom is -0.379 e. The molecular weight excluding hydrogens is 310 g/mol. The summed E-state index contributed by atoms with van der Waals surface area (Å²) in [6.07, 6.45) is 0.